The summed E-state index contributed by atoms with van der Waals surface area (Å²) in [4.78, 5) is 23.0. The average Bonchev–Trinajstić information content (AvgIpc) is 2.32. The fraction of sp³-hybridized carbons (Fsp3) is 0.857. The lowest BCUT2D eigenvalue weighted by Gasteiger charge is -2.20. The van der Waals surface area contributed by atoms with Gasteiger partial charge in [-0.15, -0.1) is 0 Å². The van der Waals surface area contributed by atoms with Crippen molar-refractivity contribution in [1.82, 2.24) is 10.6 Å². The first kappa shape index (κ1) is 18.4. The van der Waals surface area contributed by atoms with Crippen molar-refractivity contribution in [1.29, 1.82) is 0 Å². The van der Waals surface area contributed by atoms with Crippen LogP contribution in [0.15, 0.2) is 0 Å². The standard InChI is InChI=1S/C14H28N2O2S/c1-10(2)8-12(9-17)16-14(18)13(15-5)6-7-19-11(3)4/h9-13,15H,6-8H2,1-5H3,(H,16,18)/t12-,13-/m0/s1. The van der Waals surface area contributed by atoms with Crippen LogP contribution in [0.25, 0.3) is 0 Å². The molecule has 0 heterocycles. The molecule has 0 aliphatic carbocycles. The summed E-state index contributed by atoms with van der Waals surface area (Å²) in [5, 5.41) is 6.40. The third-order valence-corrected chi connectivity index (χ3v) is 3.88. The lowest BCUT2D eigenvalue weighted by Crippen LogP contribution is -2.47. The number of hydrogen-bond donors (Lipinski definition) is 2. The first-order valence-electron chi connectivity index (χ1n) is 6.95. The minimum atomic E-state index is -0.374. The molecule has 1 amide bonds. The average molecular weight is 288 g/mol. The van der Waals surface area contributed by atoms with E-state index < -0.39 is 0 Å². The van der Waals surface area contributed by atoms with E-state index in [2.05, 4.69) is 24.5 Å². The van der Waals surface area contributed by atoms with E-state index in [-0.39, 0.29) is 18.0 Å². The van der Waals surface area contributed by atoms with Gasteiger partial charge >= 0.3 is 0 Å². The number of aldehydes is 1. The summed E-state index contributed by atoms with van der Waals surface area (Å²) in [7, 11) is 1.78. The molecule has 5 heteroatoms. The normalized spacial score (nSPS) is 14.5. The summed E-state index contributed by atoms with van der Waals surface area (Å²) in [6.45, 7) is 8.36. The lowest BCUT2D eigenvalue weighted by molar-refractivity contribution is -0.125. The van der Waals surface area contributed by atoms with Crippen molar-refractivity contribution in [2.75, 3.05) is 12.8 Å². The van der Waals surface area contributed by atoms with Crippen molar-refractivity contribution in [3.63, 3.8) is 0 Å². The van der Waals surface area contributed by atoms with Gasteiger partial charge in [0, 0.05) is 0 Å². The van der Waals surface area contributed by atoms with Gasteiger partial charge in [-0.25, -0.2) is 0 Å². The molecule has 0 aromatic rings. The van der Waals surface area contributed by atoms with E-state index in [0.717, 1.165) is 18.5 Å². The highest BCUT2D eigenvalue weighted by Crippen LogP contribution is 2.12. The van der Waals surface area contributed by atoms with Gasteiger partial charge in [-0.05, 0) is 36.8 Å². The van der Waals surface area contributed by atoms with Gasteiger partial charge in [0.25, 0.3) is 0 Å². The van der Waals surface area contributed by atoms with E-state index in [1.165, 1.54) is 0 Å². The quantitative estimate of drug-likeness (QED) is 0.602. The summed E-state index contributed by atoms with van der Waals surface area (Å²) in [5.41, 5.74) is 0. The zero-order valence-electron chi connectivity index (χ0n) is 12.7. The topological polar surface area (TPSA) is 58.2 Å². The molecule has 112 valence electrons. The number of carbonyl (C=O) groups is 2. The second-order valence-electron chi connectivity index (χ2n) is 5.43. The Balaban J connectivity index is 4.21. The van der Waals surface area contributed by atoms with Crippen LogP contribution in [0.1, 0.15) is 40.5 Å². The van der Waals surface area contributed by atoms with Crippen LogP contribution < -0.4 is 10.6 Å². The van der Waals surface area contributed by atoms with Gasteiger partial charge in [0.15, 0.2) is 0 Å². The Bertz CT molecular complexity index is 270. The van der Waals surface area contributed by atoms with E-state index in [1.54, 1.807) is 7.05 Å². The number of thioether (sulfide) groups is 1. The molecule has 0 radical (unpaired) electrons. The van der Waals surface area contributed by atoms with Gasteiger partial charge in [-0.1, -0.05) is 27.7 Å². The molecule has 0 aliphatic rings. The molecule has 0 unspecified atom stereocenters. The second-order valence-corrected chi connectivity index (χ2v) is 7.11. The monoisotopic (exact) mass is 288 g/mol. The molecule has 0 saturated carbocycles. The predicted molar refractivity (Wildman–Crippen MR) is 82.5 cm³/mol. The van der Waals surface area contributed by atoms with Crippen LogP contribution in [0.4, 0.5) is 0 Å². The van der Waals surface area contributed by atoms with Gasteiger partial charge in [0.05, 0.1) is 12.1 Å². The number of rotatable bonds is 10. The van der Waals surface area contributed by atoms with Crippen LogP contribution in [0.5, 0.6) is 0 Å². The predicted octanol–water partition coefficient (Wildman–Crippen LogP) is 1.84. The van der Waals surface area contributed by atoms with E-state index in [9.17, 15) is 9.59 Å². The fourth-order valence-corrected chi connectivity index (χ4v) is 2.61. The fourth-order valence-electron chi connectivity index (χ4n) is 1.77. The van der Waals surface area contributed by atoms with E-state index in [4.69, 9.17) is 0 Å². The highest BCUT2D eigenvalue weighted by molar-refractivity contribution is 7.99. The smallest absolute Gasteiger partial charge is 0.237 e. The SMILES string of the molecule is CN[C@@H](CCSC(C)C)C(=O)N[C@H](C=O)CC(C)C. The van der Waals surface area contributed by atoms with Gasteiger partial charge in [-0.3, -0.25) is 4.79 Å². The van der Waals surface area contributed by atoms with Crippen LogP contribution in [0.2, 0.25) is 0 Å². The van der Waals surface area contributed by atoms with Crippen LogP contribution in [-0.4, -0.2) is 42.3 Å². The summed E-state index contributed by atoms with van der Waals surface area (Å²) in [5.74, 6) is 1.25. The van der Waals surface area contributed by atoms with E-state index in [1.807, 2.05) is 25.6 Å². The van der Waals surface area contributed by atoms with E-state index >= 15 is 0 Å². The molecule has 0 aliphatic heterocycles. The molecule has 2 atom stereocenters. The van der Waals surface area contributed by atoms with Gasteiger partial charge in [0.1, 0.15) is 6.29 Å². The molecule has 19 heavy (non-hydrogen) atoms. The van der Waals surface area contributed by atoms with Gasteiger partial charge < -0.3 is 15.4 Å². The highest BCUT2D eigenvalue weighted by atomic mass is 32.2. The number of carbonyl (C=O) groups excluding carboxylic acids is 2. The molecule has 0 bridgehead atoms. The lowest BCUT2D eigenvalue weighted by atomic mass is 10.0. The largest absolute Gasteiger partial charge is 0.345 e. The molecule has 0 spiro atoms. The molecule has 4 nitrogen and oxygen atoms in total. The van der Waals surface area contributed by atoms with Crippen molar-refractivity contribution in [3.8, 4) is 0 Å². The molecule has 2 N–H and O–H groups in total. The number of nitrogens with one attached hydrogen (secondary N) is 2. The number of likely N-dealkylation sites (N-methyl/N-ethyl adjacent to an activating group) is 1. The van der Waals surface area contributed by atoms with Gasteiger partial charge in [0.2, 0.25) is 5.91 Å². The Labute approximate surface area is 121 Å². The van der Waals surface area contributed by atoms with Crippen LogP contribution in [0, 0.1) is 5.92 Å². The third-order valence-electron chi connectivity index (χ3n) is 2.74. The Morgan fingerprint density at radius 1 is 1.26 bits per heavy atom. The maximum Gasteiger partial charge on any atom is 0.237 e. The van der Waals surface area contributed by atoms with E-state index in [0.29, 0.717) is 17.6 Å². The second kappa shape index (κ2) is 10.3. The zero-order valence-corrected chi connectivity index (χ0v) is 13.5. The summed E-state index contributed by atoms with van der Waals surface area (Å²) in [6, 6.07) is -0.595. The number of hydrogen-bond acceptors (Lipinski definition) is 4. The molecule has 0 saturated heterocycles. The molecule has 0 fully saturated rings. The molecular formula is C14H28N2O2S. The summed E-state index contributed by atoms with van der Waals surface area (Å²) < 4.78 is 0. The number of amides is 1. The maximum atomic E-state index is 12.1. The van der Waals surface area contributed by atoms with Crippen LogP contribution in [-0.2, 0) is 9.59 Å². The Hall–Kier alpha value is -0.550. The van der Waals surface area contributed by atoms with Crippen molar-refractivity contribution >= 4 is 24.0 Å². The summed E-state index contributed by atoms with van der Waals surface area (Å²) >= 11 is 1.84. The minimum absolute atomic E-state index is 0.0791. The Morgan fingerprint density at radius 3 is 2.32 bits per heavy atom. The minimum Gasteiger partial charge on any atom is -0.345 e. The van der Waals surface area contributed by atoms with Gasteiger partial charge in [-0.2, -0.15) is 11.8 Å². The third kappa shape index (κ3) is 9.05. The zero-order chi connectivity index (χ0) is 14.8. The van der Waals surface area contributed by atoms with Crippen molar-refractivity contribution in [2.24, 2.45) is 5.92 Å². The summed E-state index contributed by atoms with van der Waals surface area (Å²) in [6.07, 6.45) is 2.29. The van der Waals surface area contributed by atoms with Crippen molar-refractivity contribution in [2.45, 2.75) is 57.9 Å². The first-order chi connectivity index (χ1) is 8.90. The molecule has 0 aromatic heterocycles. The van der Waals surface area contributed by atoms with Crippen LogP contribution in [0.3, 0.4) is 0 Å². The molecule has 0 aromatic carbocycles. The molecular weight excluding hydrogens is 260 g/mol. The Kier molecular flexibility index (Phi) is 9.97. The van der Waals surface area contributed by atoms with Crippen molar-refractivity contribution < 1.29 is 9.59 Å². The van der Waals surface area contributed by atoms with Crippen molar-refractivity contribution in [3.05, 3.63) is 0 Å². The highest BCUT2D eigenvalue weighted by Gasteiger charge is 2.20. The maximum absolute atomic E-state index is 12.1. The Morgan fingerprint density at radius 2 is 1.89 bits per heavy atom. The molecule has 0 rings (SSSR count). The van der Waals surface area contributed by atoms with Crippen LogP contribution >= 0.6 is 11.8 Å². The first-order valence-corrected chi connectivity index (χ1v) is 8.00.